The molecule has 10 heteroatoms. The quantitative estimate of drug-likeness (QED) is 0.102. The first-order valence-electron chi connectivity index (χ1n) is 10.7. The summed E-state index contributed by atoms with van der Waals surface area (Å²) < 4.78 is 0. The summed E-state index contributed by atoms with van der Waals surface area (Å²) in [5.41, 5.74) is 3.33. The van der Waals surface area contributed by atoms with E-state index in [0.717, 1.165) is 0 Å². The molecule has 3 rings (SSSR count). The van der Waals surface area contributed by atoms with Crippen LogP contribution in [0.4, 0.5) is 5.69 Å². The summed E-state index contributed by atoms with van der Waals surface area (Å²) in [7, 11) is 3.46. The van der Waals surface area contributed by atoms with Crippen LogP contribution in [-0.2, 0) is 16.0 Å². The average molecular weight is 472 g/mol. The Bertz CT molecular complexity index is 1180. The maximum atomic E-state index is 13.5. The van der Waals surface area contributed by atoms with Gasteiger partial charge in [-0.3, -0.25) is 19.2 Å². The van der Waals surface area contributed by atoms with E-state index < -0.39 is 57.8 Å². The molecule has 0 fully saturated rings. The van der Waals surface area contributed by atoms with E-state index in [1.165, 1.54) is 19.9 Å². The number of aldehydes is 1. The molecule has 0 spiro atoms. The van der Waals surface area contributed by atoms with Gasteiger partial charge < -0.3 is 31.1 Å². The number of rotatable bonds is 6. The number of nitrogens with zero attached hydrogens (tertiary/aromatic N) is 1. The summed E-state index contributed by atoms with van der Waals surface area (Å²) in [6.07, 6.45) is 0.102. The van der Waals surface area contributed by atoms with Crippen LogP contribution in [0.1, 0.15) is 53.0 Å². The lowest BCUT2D eigenvalue weighted by Crippen LogP contribution is -2.46. The van der Waals surface area contributed by atoms with Gasteiger partial charge in [-0.1, -0.05) is 0 Å². The predicted molar refractivity (Wildman–Crippen MR) is 122 cm³/mol. The molecule has 0 radical (unpaired) electrons. The van der Waals surface area contributed by atoms with Crippen molar-refractivity contribution >= 4 is 29.4 Å². The number of hydrogen-bond donors (Lipinski definition) is 5. The zero-order valence-electron chi connectivity index (χ0n) is 19.4. The van der Waals surface area contributed by atoms with E-state index in [-0.39, 0.29) is 42.2 Å². The van der Waals surface area contributed by atoms with E-state index >= 15 is 0 Å². The molecule has 0 bridgehead atoms. The second-order valence-electron chi connectivity index (χ2n) is 9.22. The van der Waals surface area contributed by atoms with Crippen LogP contribution in [0.5, 0.6) is 5.75 Å². The van der Waals surface area contributed by atoms with E-state index in [0.29, 0.717) is 11.3 Å². The van der Waals surface area contributed by atoms with Gasteiger partial charge in [-0.15, -0.1) is 0 Å². The Morgan fingerprint density at radius 1 is 1.29 bits per heavy atom. The number of nitrogens with two attached hydrogens (primary N) is 1. The normalized spacial score (nSPS) is 24.7. The number of aliphatic hydroxyl groups is 3. The molecule has 0 saturated heterocycles. The molecule has 2 aliphatic carbocycles. The third kappa shape index (κ3) is 3.83. The summed E-state index contributed by atoms with van der Waals surface area (Å²) >= 11 is 0. The molecule has 0 aromatic heterocycles. The number of carbonyl (C=O) groups is 4. The van der Waals surface area contributed by atoms with Gasteiger partial charge in [-0.2, -0.15) is 0 Å². The fourth-order valence-electron chi connectivity index (χ4n) is 4.92. The Morgan fingerprint density at radius 3 is 2.41 bits per heavy atom. The number of amides is 1. The zero-order chi connectivity index (χ0) is 25.7. The summed E-state index contributed by atoms with van der Waals surface area (Å²) in [5, 5.41) is 43.1. The number of carbonyl (C=O) groups excluding carboxylic acids is 4. The number of aliphatic hydroxyl groups excluding tert-OH is 2. The first-order valence-corrected chi connectivity index (χ1v) is 10.7. The van der Waals surface area contributed by atoms with Crippen LogP contribution in [-0.4, -0.2) is 63.9 Å². The first kappa shape index (κ1) is 25.0. The van der Waals surface area contributed by atoms with Crippen molar-refractivity contribution in [3.05, 3.63) is 45.4 Å². The number of primary amides is 1. The highest BCUT2D eigenvalue weighted by atomic mass is 16.3. The lowest BCUT2D eigenvalue weighted by Gasteiger charge is -2.43. The fraction of sp³-hybridized carbons (Fsp3) is 0.417. The number of anilines is 1. The third-order valence-electron chi connectivity index (χ3n) is 6.81. The molecule has 182 valence electrons. The van der Waals surface area contributed by atoms with Gasteiger partial charge in [0.15, 0.2) is 17.9 Å². The number of ketones is 2. The van der Waals surface area contributed by atoms with E-state index in [2.05, 4.69) is 0 Å². The second kappa shape index (κ2) is 8.60. The van der Waals surface area contributed by atoms with Crippen LogP contribution >= 0.6 is 0 Å². The molecule has 3 atom stereocenters. The molecule has 10 nitrogen and oxygen atoms in total. The fourth-order valence-corrected chi connectivity index (χ4v) is 4.92. The van der Waals surface area contributed by atoms with Gasteiger partial charge in [0, 0.05) is 37.7 Å². The average Bonchev–Trinajstić information content (AvgIpc) is 2.71. The third-order valence-corrected chi connectivity index (χ3v) is 6.81. The lowest BCUT2D eigenvalue weighted by molar-refractivity contribution is -0.117. The highest BCUT2D eigenvalue weighted by molar-refractivity contribution is 6.16. The SMILES string of the molecule is CC(=O)c1cc(N(C)C)c2c(c1O)C(=O)C1=C(O)[C@@](C)(O)[C@H](C/C(O)=C(\C=O)C(N)=O)C[C@@H]1C2. The van der Waals surface area contributed by atoms with Gasteiger partial charge in [0.1, 0.15) is 28.4 Å². The number of allylic oxidation sites excluding steroid dienone is 2. The first-order chi connectivity index (χ1) is 15.7. The zero-order valence-corrected chi connectivity index (χ0v) is 19.4. The van der Waals surface area contributed by atoms with Crippen molar-refractivity contribution in [3.8, 4) is 5.75 Å². The van der Waals surface area contributed by atoms with Crippen molar-refractivity contribution in [3.63, 3.8) is 0 Å². The maximum absolute atomic E-state index is 13.5. The molecular weight excluding hydrogens is 444 g/mol. The van der Waals surface area contributed by atoms with Crippen molar-refractivity contribution < 1.29 is 39.6 Å². The molecule has 0 saturated carbocycles. The van der Waals surface area contributed by atoms with Crippen molar-refractivity contribution in [2.75, 3.05) is 19.0 Å². The van der Waals surface area contributed by atoms with Gasteiger partial charge >= 0.3 is 0 Å². The lowest BCUT2D eigenvalue weighted by atomic mass is 9.64. The molecule has 34 heavy (non-hydrogen) atoms. The monoisotopic (exact) mass is 472 g/mol. The number of fused-ring (bicyclic) bond motifs is 2. The second-order valence-corrected chi connectivity index (χ2v) is 9.22. The summed E-state index contributed by atoms with van der Waals surface area (Å²) in [6.45, 7) is 2.53. The Labute approximate surface area is 196 Å². The Morgan fingerprint density at radius 2 is 1.91 bits per heavy atom. The number of Topliss-reactive ketones (excluding diaryl/α,β-unsaturated/α-hetero) is 2. The number of benzene rings is 1. The van der Waals surface area contributed by atoms with Crippen LogP contribution < -0.4 is 10.6 Å². The molecule has 1 aromatic carbocycles. The Balaban J connectivity index is 2.17. The van der Waals surface area contributed by atoms with Crippen molar-refractivity contribution in [2.45, 2.75) is 38.7 Å². The number of hydrogen-bond acceptors (Lipinski definition) is 9. The minimum absolute atomic E-state index is 0.0299. The number of phenols is 1. The molecule has 1 aromatic rings. The van der Waals surface area contributed by atoms with E-state index in [4.69, 9.17) is 5.73 Å². The molecule has 0 unspecified atom stereocenters. The largest absolute Gasteiger partial charge is 0.511 e. The van der Waals surface area contributed by atoms with Gasteiger partial charge in [0.05, 0.1) is 11.1 Å². The summed E-state index contributed by atoms with van der Waals surface area (Å²) in [5.74, 6) is -5.43. The predicted octanol–water partition coefficient (Wildman–Crippen LogP) is 1.49. The minimum Gasteiger partial charge on any atom is -0.511 e. The number of phenolic OH excluding ortho intramolecular Hbond substituents is 1. The Kier molecular flexibility index (Phi) is 6.32. The number of aromatic hydroxyl groups is 1. The highest BCUT2D eigenvalue weighted by Gasteiger charge is 2.50. The molecular formula is C24H28N2O8. The maximum Gasteiger partial charge on any atom is 0.255 e. The van der Waals surface area contributed by atoms with Crippen molar-refractivity contribution in [1.29, 1.82) is 0 Å². The van der Waals surface area contributed by atoms with Gasteiger partial charge in [0.2, 0.25) is 0 Å². The minimum atomic E-state index is -1.99. The van der Waals surface area contributed by atoms with Crippen LogP contribution in [0, 0.1) is 11.8 Å². The van der Waals surface area contributed by atoms with Gasteiger partial charge in [0.25, 0.3) is 5.91 Å². The Hall–Kier alpha value is -3.66. The summed E-state index contributed by atoms with van der Waals surface area (Å²) in [6, 6.07) is 1.51. The van der Waals surface area contributed by atoms with E-state index in [9.17, 15) is 39.6 Å². The van der Waals surface area contributed by atoms with Crippen molar-refractivity contribution in [2.24, 2.45) is 17.6 Å². The molecule has 6 N–H and O–H groups in total. The van der Waals surface area contributed by atoms with Crippen molar-refractivity contribution in [1.82, 2.24) is 0 Å². The van der Waals surface area contributed by atoms with Crippen LogP contribution in [0.2, 0.25) is 0 Å². The standard InChI is InChI=1S/C24H28N2O8/c1-10(28)13-8-16(26(3)4)14-6-11-5-12(7-17(29)15(9-27)23(25)33)24(2,34)22(32)18(11)21(31)19(14)20(13)30/h8-9,11-12,29-30,32,34H,5-7H2,1-4H3,(H2,25,33)/b17-15-/t11-,12+,24+/m1/s1. The van der Waals surface area contributed by atoms with E-state index in [1.807, 2.05) is 0 Å². The van der Waals surface area contributed by atoms with Crippen LogP contribution in [0.3, 0.4) is 0 Å². The highest BCUT2D eigenvalue weighted by Crippen LogP contribution is 2.50. The van der Waals surface area contributed by atoms with Gasteiger partial charge in [-0.25, -0.2) is 0 Å². The smallest absolute Gasteiger partial charge is 0.255 e. The summed E-state index contributed by atoms with van der Waals surface area (Å²) in [4.78, 5) is 49.8. The van der Waals surface area contributed by atoms with E-state index in [1.54, 1.807) is 19.0 Å². The molecule has 2 aliphatic rings. The topological polar surface area (TPSA) is 178 Å². The van der Waals surface area contributed by atoms with Crippen LogP contribution in [0.25, 0.3) is 0 Å². The molecule has 0 heterocycles. The van der Waals surface area contributed by atoms with Crippen LogP contribution in [0.15, 0.2) is 28.7 Å². The molecule has 1 amide bonds. The molecule has 0 aliphatic heterocycles. The van der Waals surface area contributed by atoms with Gasteiger partial charge in [-0.05, 0) is 44.2 Å².